The molecule has 0 bridgehead atoms. The van der Waals surface area contributed by atoms with Gasteiger partial charge in [0.15, 0.2) is 0 Å². The maximum atomic E-state index is 6.11. The summed E-state index contributed by atoms with van der Waals surface area (Å²) in [6, 6.07) is 6.25. The molecule has 1 saturated carbocycles. The van der Waals surface area contributed by atoms with Crippen LogP contribution in [0.5, 0.6) is 0 Å². The summed E-state index contributed by atoms with van der Waals surface area (Å²) < 4.78 is 0. The minimum absolute atomic E-state index is 0.161. The van der Waals surface area contributed by atoms with E-state index in [2.05, 4.69) is 4.98 Å². The highest BCUT2D eigenvalue weighted by atomic mass is 14.8. The monoisotopic (exact) mass is 176 g/mol. The van der Waals surface area contributed by atoms with Gasteiger partial charge in [-0.25, -0.2) is 0 Å². The molecular weight excluding hydrogens is 160 g/mol. The summed E-state index contributed by atoms with van der Waals surface area (Å²) in [5, 5.41) is 0. The van der Waals surface area contributed by atoms with Gasteiger partial charge in [0.05, 0.1) is 5.69 Å². The summed E-state index contributed by atoms with van der Waals surface area (Å²) in [7, 11) is 0. The third-order valence-corrected chi connectivity index (χ3v) is 2.91. The molecule has 0 aromatic carbocycles. The average Bonchev–Trinajstić information content (AvgIpc) is 2.01. The molecule has 0 spiro atoms. The van der Waals surface area contributed by atoms with E-state index in [4.69, 9.17) is 5.73 Å². The molecule has 1 aromatic rings. The van der Waals surface area contributed by atoms with Crippen molar-refractivity contribution in [2.45, 2.75) is 32.2 Å². The fourth-order valence-corrected chi connectivity index (χ4v) is 1.79. The maximum Gasteiger partial charge on any atom is 0.0577 e. The summed E-state index contributed by atoms with van der Waals surface area (Å²) in [6.07, 6.45) is 3.89. The van der Waals surface area contributed by atoms with Crippen molar-refractivity contribution in [2.24, 2.45) is 11.7 Å². The molecule has 1 aromatic heterocycles. The molecule has 0 amide bonds. The first-order valence-electron chi connectivity index (χ1n) is 4.96. The molecular formula is C11H16N2. The molecule has 0 unspecified atom stereocenters. The Hall–Kier alpha value is -0.890. The summed E-state index contributed by atoms with van der Waals surface area (Å²) in [5.74, 6) is 0.675. The van der Waals surface area contributed by atoms with Gasteiger partial charge in [-0.2, -0.15) is 0 Å². The molecule has 0 radical (unpaired) electrons. The Balaban J connectivity index is 2.14. The second-order valence-corrected chi connectivity index (χ2v) is 3.92. The fourth-order valence-electron chi connectivity index (χ4n) is 1.79. The Morgan fingerprint density at radius 1 is 1.46 bits per heavy atom. The van der Waals surface area contributed by atoms with Crippen LogP contribution in [0.4, 0.5) is 0 Å². The van der Waals surface area contributed by atoms with E-state index in [1.165, 1.54) is 19.3 Å². The molecule has 1 aliphatic carbocycles. The number of nitrogens with zero attached hydrogens (tertiary/aromatic N) is 1. The van der Waals surface area contributed by atoms with Crippen LogP contribution in [0, 0.1) is 12.8 Å². The van der Waals surface area contributed by atoms with Gasteiger partial charge in [-0.15, -0.1) is 0 Å². The van der Waals surface area contributed by atoms with Gasteiger partial charge in [0.25, 0.3) is 0 Å². The van der Waals surface area contributed by atoms with Crippen LogP contribution < -0.4 is 5.73 Å². The second-order valence-electron chi connectivity index (χ2n) is 3.92. The molecule has 70 valence electrons. The van der Waals surface area contributed by atoms with Crippen molar-refractivity contribution in [3.05, 3.63) is 29.6 Å². The van der Waals surface area contributed by atoms with Gasteiger partial charge in [-0.1, -0.05) is 12.5 Å². The van der Waals surface area contributed by atoms with Crippen LogP contribution in [0.15, 0.2) is 18.2 Å². The van der Waals surface area contributed by atoms with Crippen LogP contribution in [-0.4, -0.2) is 4.98 Å². The summed E-state index contributed by atoms with van der Waals surface area (Å²) in [4.78, 5) is 4.45. The number of pyridine rings is 1. The van der Waals surface area contributed by atoms with Gasteiger partial charge in [0.2, 0.25) is 0 Å². The van der Waals surface area contributed by atoms with E-state index < -0.39 is 0 Å². The van der Waals surface area contributed by atoms with Crippen LogP contribution in [0.3, 0.4) is 0 Å². The van der Waals surface area contributed by atoms with Crippen molar-refractivity contribution in [2.75, 3.05) is 0 Å². The Labute approximate surface area is 79.2 Å². The van der Waals surface area contributed by atoms with Crippen molar-refractivity contribution in [1.82, 2.24) is 4.98 Å². The molecule has 0 saturated heterocycles. The molecule has 0 aliphatic heterocycles. The molecule has 1 heterocycles. The Morgan fingerprint density at radius 3 is 2.77 bits per heavy atom. The van der Waals surface area contributed by atoms with Crippen LogP contribution in [0.2, 0.25) is 0 Å². The van der Waals surface area contributed by atoms with Crippen LogP contribution >= 0.6 is 0 Å². The minimum atomic E-state index is 0.161. The zero-order valence-corrected chi connectivity index (χ0v) is 8.03. The molecule has 2 rings (SSSR count). The third kappa shape index (κ3) is 1.73. The van der Waals surface area contributed by atoms with E-state index in [-0.39, 0.29) is 6.04 Å². The van der Waals surface area contributed by atoms with Gasteiger partial charge in [-0.05, 0) is 37.8 Å². The second kappa shape index (κ2) is 3.46. The molecule has 13 heavy (non-hydrogen) atoms. The zero-order valence-electron chi connectivity index (χ0n) is 8.03. The highest BCUT2D eigenvalue weighted by Crippen LogP contribution is 2.35. The van der Waals surface area contributed by atoms with E-state index in [1.54, 1.807) is 0 Å². The Bertz CT molecular complexity index is 292. The maximum absolute atomic E-state index is 6.11. The molecule has 1 atom stereocenters. The van der Waals surface area contributed by atoms with Gasteiger partial charge < -0.3 is 5.73 Å². The van der Waals surface area contributed by atoms with Gasteiger partial charge >= 0.3 is 0 Å². The first-order valence-corrected chi connectivity index (χ1v) is 4.96. The van der Waals surface area contributed by atoms with E-state index >= 15 is 0 Å². The predicted octanol–water partition coefficient (Wildman–Crippen LogP) is 2.19. The van der Waals surface area contributed by atoms with E-state index in [1.807, 2.05) is 25.1 Å². The largest absolute Gasteiger partial charge is 0.322 e. The lowest BCUT2D eigenvalue weighted by Gasteiger charge is -2.30. The Morgan fingerprint density at radius 2 is 2.23 bits per heavy atom. The van der Waals surface area contributed by atoms with Gasteiger partial charge in [-0.3, -0.25) is 4.98 Å². The molecule has 2 N–H and O–H groups in total. The highest BCUT2D eigenvalue weighted by Gasteiger charge is 2.26. The summed E-state index contributed by atoms with van der Waals surface area (Å²) in [6.45, 7) is 2.01. The highest BCUT2D eigenvalue weighted by molar-refractivity contribution is 5.14. The third-order valence-electron chi connectivity index (χ3n) is 2.91. The smallest absolute Gasteiger partial charge is 0.0577 e. The number of nitrogens with two attached hydrogens (primary N) is 1. The van der Waals surface area contributed by atoms with E-state index in [9.17, 15) is 0 Å². The minimum Gasteiger partial charge on any atom is -0.322 e. The lowest BCUT2D eigenvalue weighted by Crippen LogP contribution is -2.27. The van der Waals surface area contributed by atoms with E-state index in [0.29, 0.717) is 5.92 Å². The molecule has 2 heteroatoms. The normalized spacial score (nSPS) is 19.5. The fraction of sp³-hybridized carbons (Fsp3) is 0.545. The van der Waals surface area contributed by atoms with Crippen LogP contribution in [0.1, 0.15) is 36.7 Å². The van der Waals surface area contributed by atoms with Crippen molar-refractivity contribution >= 4 is 0 Å². The van der Waals surface area contributed by atoms with Crippen molar-refractivity contribution in [3.8, 4) is 0 Å². The number of aryl methyl sites for hydroxylation is 1. The first kappa shape index (κ1) is 8.70. The standard InChI is InChI=1S/C11H16N2/c1-8-4-2-7-10(13-8)11(12)9-5-3-6-9/h2,4,7,9,11H,3,5-6,12H2,1H3/t11-/m1/s1. The topological polar surface area (TPSA) is 38.9 Å². The summed E-state index contributed by atoms with van der Waals surface area (Å²) in [5.41, 5.74) is 8.23. The average molecular weight is 176 g/mol. The number of hydrogen-bond acceptors (Lipinski definition) is 2. The summed E-state index contributed by atoms with van der Waals surface area (Å²) >= 11 is 0. The van der Waals surface area contributed by atoms with Crippen LogP contribution in [0.25, 0.3) is 0 Å². The lowest BCUT2D eigenvalue weighted by atomic mass is 9.79. The number of hydrogen-bond donors (Lipinski definition) is 1. The van der Waals surface area contributed by atoms with Crippen molar-refractivity contribution in [1.29, 1.82) is 0 Å². The van der Waals surface area contributed by atoms with Crippen molar-refractivity contribution < 1.29 is 0 Å². The molecule has 1 aliphatic rings. The van der Waals surface area contributed by atoms with Crippen LogP contribution in [-0.2, 0) is 0 Å². The molecule has 1 fully saturated rings. The quantitative estimate of drug-likeness (QED) is 0.750. The van der Waals surface area contributed by atoms with Gasteiger partial charge in [0, 0.05) is 11.7 Å². The van der Waals surface area contributed by atoms with Crippen molar-refractivity contribution in [3.63, 3.8) is 0 Å². The van der Waals surface area contributed by atoms with Gasteiger partial charge in [0.1, 0.15) is 0 Å². The number of aromatic nitrogens is 1. The lowest BCUT2D eigenvalue weighted by molar-refractivity contribution is 0.261. The number of rotatable bonds is 2. The zero-order chi connectivity index (χ0) is 9.26. The SMILES string of the molecule is Cc1cccc([C@H](N)C2CCC2)n1. The first-order chi connectivity index (χ1) is 6.27. The predicted molar refractivity (Wildman–Crippen MR) is 53.2 cm³/mol. The molecule has 2 nitrogen and oxygen atoms in total. The Kier molecular flexibility index (Phi) is 2.32. The van der Waals surface area contributed by atoms with E-state index in [0.717, 1.165) is 11.4 Å².